The number of aliphatic hydroxyl groups is 1. The summed E-state index contributed by atoms with van der Waals surface area (Å²) in [5.41, 5.74) is 1.27. The van der Waals surface area contributed by atoms with Crippen molar-refractivity contribution in [1.82, 2.24) is 10.2 Å². The maximum atomic E-state index is 8.88. The summed E-state index contributed by atoms with van der Waals surface area (Å²) < 4.78 is 0. The van der Waals surface area contributed by atoms with E-state index in [4.69, 9.17) is 17.3 Å². The van der Waals surface area contributed by atoms with Crippen LogP contribution < -0.4 is 5.32 Å². The fraction of sp³-hybridized carbons (Fsp3) is 0.417. The van der Waals surface area contributed by atoms with Gasteiger partial charge in [0.2, 0.25) is 0 Å². The van der Waals surface area contributed by atoms with Crippen molar-refractivity contribution in [2.24, 2.45) is 0 Å². The average molecular weight is 236 g/mol. The van der Waals surface area contributed by atoms with Crippen molar-refractivity contribution in [2.75, 3.05) is 19.7 Å². The predicted molar refractivity (Wildman–Crippen MR) is 68.2 cm³/mol. The minimum absolute atomic E-state index is 0.209. The van der Waals surface area contributed by atoms with Gasteiger partial charge in [-0.05, 0) is 24.2 Å². The summed E-state index contributed by atoms with van der Waals surface area (Å²) in [5.74, 6) is 0. The van der Waals surface area contributed by atoms with Crippen LogP contribution in [0.2, 0.25) is 0 Å². The van der Waals surface area contributed by atoms with Crippen LogP contribution in [0.25, 0.3) is 0 Å². The molecule has 0 amide bonds. The summed E-state index contributed by atoms with van der Waals surface area (Å²) in [5, 5.41) is 12.9. The Morgan fingerprint density at radius 1 is 1.38 bits per heavy atom. The Hall–Kier alpha value is -1.13. The average Bonchev–Trinajstić information content (AvgIpc) is 2.69. The zero-order valence-corrected chi connectivity index (χ0v) is 9.91. The van der Waals surface area contributed by atoms with E-state index in [0.29, 0.717) is 6.04 Å². The first-order valence-corrected chi connectivity index (χ1v) is 5.94. The number of thiocarbonyl (C=S) groups is 1. The Kier molecular flexibility index (Phi) is 3.74. The van der Waals surface area contributed by atoms with Crippen molar-refractivity contribution >= 4 is 17.3 Å². The maximum absolute atomic E-state index is 8.88. The molecule has 2 rings (SSSR count). The molecular weight excluding hydrogens is 220 g/mol. The molecule has 0 spiro atoms. The summed E-state index contributed by atoms with van der Waals surface area (Å²) in [6, 6.07) is 10.6. The van der Waals surface area contributed by atoms with Crippen molar-refractivity contribution in [2.45, 2.75) is 12.5 Å². The van der Waals surface area contributed by atoms with Gasteiger partial charge in [0.15, 0.2) is 5.11 Å². The molecule has 1 fully saturated rings. The summed E-state index contributed by atoms with van der Waals surface area (Å²) in [6.07, 6.45) is 0.755. The first-order valence-electron chi connectivity index (χ1n) is 5.53. The van der Waals surface area contributed by atoms with E-state index in [1.165, 1.54) is 5.56 Å². The smallest absolute Gasteiger partial charge is 0.169 e. The second-order valence-corrected chi connectivity index (χ2v) is 4.27. The van der Waals surface area contributed by atoms with E-state index in [0.717, 1.165) is 24.6 Å². The van der Waals surface area contributed by atoms with Crippen molar-refractivity contribution < 1.29 is 5.11 Å². The van der Waals surface area contributed by atoms with Crippen LogP contribution in [-0.4, -0.2) is 34.8 Å². The Labute approximate surface area is 101 Å². The maximum Gasteiger partial charge on any atom is 0.169 e. The minimum atomic E-state index is 0.209. The predicted octanol–water partition coefficient (Wildman–Crippen LogP) is 1.30. The minimum Gasteiger partial charge on any atom is -0.396 e. The second kappa shape index (κ2) is 5.27. The van der Waals surface area contributed by atoms with E-state index < -0.39 is 0 Å². The van der Waals surface area contributed by atoms with Gasteiger partial charge in [-0.15, -0.1) is 0 Å². The highest BCUT2D eigenvalue weighted by molar-refractivity contribution is 7.80. The van der Waals surface area contributed by atoms with Crippen LogP contribution in [-0.2, 0) is 0 Å². The summed E-state index contributed by atoms with van der Waals surface area (Å²) in [4.78, 5) is 2.15. The molecule has 16 heavy (non-hydrogen) atoms. The van der Waals surface area contributed by atoms with Crippen LogP contribution in [0, 0.1) is 0 Å². The van der Waals surface area contributed by atoms with E-state index in [9.17, 15) is 0 Å². The fourth-order valence-corrected chi connectivity index (χ4v) is 2.31. The molecule has 0 bridgehead atoms. The Morgan fingerprint density at radius 2 is 2.12 bits per heavy atom. The third-order valence-corrected chi connectivity index (χ3v) is 3.20. The SMILES string of the molecule is OCCCN1C(=S)NCC1c1ccccc1. The van der Waals surface area contributed by atoms with Crippen LogP contribution in [0.15, 0.2) is 30.3 Å². The third kappa shape index (κ3) is 2.33. The van der Waals surface area contributed by atoms with Gasteiger partial charge in [-0.2, -0.15) is 0 Å². The lowest BCUT2D eigenvalue weighted by Gasteiger charge is -2.24. The highest BCUT2D eigenvalue weighted by Crippen LogP contribution is 2.24. The summed E-state index contributed by atoms with van der Waals surface area (Å²) >= 11 is 5.26. The van der Waals surface area contributed by atoms with Gasteiger partial charge in [0.05, 0.1) is 6.04 Å². The molecule has 1 aromatic carbocycles. The molecule has 1 aliphatic heterocycles. The molecule has 1 aliphatic rings. The lowest BCUT2D eigenvalue weighted by molar-refractivity contribution is 0.257. The molecule has 1 unspecified atom stereocenters. The van der Waals surface area contributed by atoms with Gasteiger partial charge >= 0.3 is 0 Å². The summed E-state index contributed by atoms with van der Waals surface area (Å²) in [7, 11) is 0. The number of benzene rings is 1. The monoisotopic (exact) mass is 236 g/mol. The third-order valence-electron chi connectivity index (χ3n) is 2.83. The lowest BCUT2D eigenvalue weighted by Crippen LogP contribution is -2.31. The molecule has 1 atom stereocenters. The Balaban J connectivity index is 2.11. The molecule has 0 saturated carbocycles. The molecule has 86 valence electrons. The molecule has 0 radical (unpaired) electrons. The molecule has 3 nitrogen and oxygen atoms in total. The molecule has 0 aromatic heterocycles. The van der Waals surface area contributed by atoms with Crippen molar-refractivity contribution in [3.05, 3.63) is 35.9 Å². The van der Waals surface area contributed by atoms with Crippen LogP contribution >= 0.6 is 12.2 Å². The zero-order valence-electron chi connectivity index (χ0n) is 9.10. The number of hydrogen-bond acceptors (Lipinski definition) is 2. The van der Waals surface area contributed by atoms with Crippen LogP contribution in [0.3, 0.4) is 0 Å². The largest absolute Gasteiger partial charge is 0.396 e. The van der Waals surface area contributed by atoms with Crippen LogP contribution in [0.1, 0.15) is 18.0 Å². The van der Waals surface area contributed by atoms with E-state index >= 15 is 0 Å². The van der Waals surface area contributed by atoms with Crippen molar-refractivity contribution in [1.29, 1.82) is 0 Å². The van der Waals surface area contributed by atoms with Gasteiger partial charge in [0.25, 0.3) is 0 Å². The molecular formula is C12H16N2OS. The normalized spacial score (nSPS) is 19.9. The Bertz CT molecular complexity index is 355. The number of rotatable bonds is 4. The molecule has 2 N–H and O–H groups in total. The van der Waals surface area contributed by atoms with Gasteiger partial charge in [0, 0.05) is 19.7 Å². The number of nitrogens with zero attached hydrogens (tertiary/aromatic N) is 1. The fourth-order valence-electron chi connectivity index (χ4n) is 2.01. The number of aliphatic hydroxyl groups excluding tert-OH is 1. The molecule has 1 heterocycles. The molecule has 1 aromatic rings. The van der Waals surface area contributed by atoms with Gasteiger partial charge in [0.1, 0.15) is 0 Å². The van der Waals surface area contributed by atoms with Crippen molar-refractivity contribution in [3.63, 3.8) is 0 Å². The van der Waals surface area contributed by atoms with E-state index in [-0.39, 0.29) is 6.61 Å². The van der Waals surface area contributed by atoms with Crippen molar-refractivity contribution in [3.8, 4) is 0 Å². The Morgan fingerprint density at radius 3 is 2.81 bits per heavy atom. The molecule has 0 aliphatic carbocycles. The van der Waals surface area contributed by atoms with Gasteiger partial charge in [-0.3, -0.25) is 0 Å². The number of hydrogen-bond donors (Lipinski definition) is 2. The first-order chi connectivity index (χ1) is 7.83. The van der Waals surface area contributed by atoms with Crippen LogP contribution in [0.4, 0.5) is 0 Å². The first kappa shape index (κ1) is 11.4. The zero-order chi connectivity index (χ0) is 11.4. The van der Waals surface area contributed by atoms with E-state index in [1.54, 1.807) is 0 Å². The molecule has 4 heteroatoms. The van der Waals surface area contributed by atoms with E-state index in [2.05, 4.69) is 22.3 Å². The summed E-state index contributed by atoms with van der Waals surface area (Å²) in [6.45, 7) is 1.87. The number of nitrogens with one attached hydrogen (secondary N) is 1. The highest BCUT2D eigenvalue weighted by Gasteiger charge is 2.28. The highest BCUT2D eigenvalue weighted by atomic mass is 32.1. The van der Waals surface area contributed by atoms with Crippen LogP contribution in [0.5, 0.6) is 0 Å². The quantitative estimate of drug-likeness (QED) is 0.773. The molecule has 1 saturated heterocycles. The van der Waals surface area contributed by atoms with Gasteiger partial charge in [-0.1, -0.05) is 30.3 Å². The standard InChI is InChI=1S/C12H16N2OS/c15-8-4-7-14-11(9-13-12(14)16)10-5-2-1-3-6-10/h1-3,5-6,11,15H,4,7-9H2,(H,13,16). The lowest BCUT2D eigenvalue weighted by atomic mass is 10.1. The van der Waals surface area contributed by atoms with Gasteiger partial charge < -0.3 is 15.3 Å². The van der Waals surface area contributed by atoms with E-state index in [1.807, 2.05) is 18.2 Å². The topological polar surface area (TPSA) is 35.5 Å². The second-order valence-electron chi connectivity index (χ2n) is 3.88. The van der Waals surface area contributed by atoms with Gasteiger partial charge in [-0.25, -0.2) is 0 Å².